The number of aryl methyl sites for hydroxylation is 2. The van der Waals surface area contributed by atoms with Crippen LogP contribution in [0.4, 0.5) is 0 Å². The van der Waals surface area contributed by atoms with E-state index in [0.29, 0.717) is 11.3 Å². The quantitative estimate of drug-likeness (QED) is 0.300. The highest BCUT2D eigenvalue weighted by Crippen LogP contribution is 2.42. The molecule has 0 saturated heterocycles. The van der Waals surface area contributed by atoms with E-state index in [9.17, 15) is 0 Å². The first-order chi connectivity index (χ1) is 14.6. The Balaban J connectivity index is 1.82. The molecule has 1 heterocycles. The van der Waals surface area contributed by atoms with E-state index in [1.165, 1.54) is 0 Å². The van der Waals surface area contributed by atoms with Crippen molar-refractivity contribution in [3.63, 3.8) is 0 Å². The Hall–Kier alpha value is -3.36. The molecule has 4 aromatic carbocycles. The molecule has 1 unspecified atom stereocenters. The summed E-state index contributed by atoms with van der Waals surface area (Å²) in [5.41, 5.74) is 3.60. The second kappa shape index (κ2) is 7.47. The van der Waals surface area contributed by atoms with Crippen molar-refractivity contribution < 1.29 is 17.7 Å². The molecule has 0 N–H and O–H groups in total. The molecule has 30 heavy (non-hydrogen) atoms. The van der Waals surface area contributed by atoms with Crippen LogP contribution in [0.2, 0.25) is 0 Å². The number of hydrogen-bond acceptors (Lipinski definition) is 4. The summed E-state index contributed by atoms with van der Waals surface area (Å²) in [4.78, 5) is 0. The second-order valence-electron chi connectivity index (χ2n) is 7.32. The van der Waals surface area contributed by atoms with Gasteiger partial charge in [-0.3, -0.25) is 0 Å². The zero-order chi connectivity index (χ0) is 20.7. The molecule has 4 nitrogen and oxygen atoms in total. The Kier molecular flexibility index (Phi) is 4.65. The SMILES string of the molecule is COc1cc(C)cc2c1op(Oc1cccc3ccccc13)oc1ccc(C)cc12. The van der Waals surface area contributed by atoms with E-state index >= 15 is 0 Å². The first-order valence-corrected chi connectivity index (χ1v) is 10.8. The van der Waals surface area contributed by atoms with Gasteiger partial charge < -0.3 is 17.7 Å². The minimum Gasteiger partial charge on any atom is -0.493 e. The maximum Gasteiger partial charge on any atom is 0.453 e. The normalized spacial score (nSPS) is 11.8. The summed E-state index contributed by atoms with van der Waals surface area (Å²) < 4.78 is 24.5. The van der Waals surface area contributed by atoms with Crippen molar-refractivity contribution in [3.05, 3.63) is 83.9 Å². The van der Waals surface area contributed by atoms with Crippen LogP contribution in [0.15, 0.2) is 81.2 Å². The van der Waals surface area contributed by atoms with Crippen LogP contribution in [0, 0.1) is 13.8 Å². The first-order valence-electron chi connectivity index (χ1n) is 9.74. The van der Waals surface area contributed by atoms with Gasteiger partial charge in [-0.2, -0.15) is 0 Å². The predicted octanol–water partition coefficient (Wildman–Crippen LogP) is 7.91. The minimum atomic E-state index is -1.74. The summed E-state index contributed by atoms with van der Waals surface area (Å²) in [7, 11) is -0.0943. The molecule has 1 atom stereocenters. The molecule has 0 aliphatic heterocycles. The van der Waals surface area contributed by atoms with Crippen molar-refractivity contribution in [1.82, 2.24) is 0 Å². The summed E-state index contributed by atoms with van der Waals surface area (Å²) >= 11 is 0. The van der Waals surface area contributed by atoms with Gasteiger partial charge in [-0.15, -0.1) is 0 Å². The molecule has 0 radical (unpaired) electrons. The molecule has 0 spiro atoms. The summed E-state index contributed by atoms with van der Waals surface area (Å²) in [5.74, 6) is 1.39. The second-order valence-corrected chi connectivity index (χ2v) is 8.31. The number of hydrogen-bond donors (Lipinski definition) is 0. The van der Waals surface area contributed by atoms with E-state index in [1.54, 1.807) is 7.11 Å². The lowest BCUT2D eigenvalue weighted by molar-refractivity contribution is 0.410. The van der Waals surface area contributed by atoms with Gasteiger partial charge in [0.15, 0.2) is 11.3 Å². The number of fused-ring (bicyclic) bond motifs is 4. The molecule has 5 heteroatoms. The average molecular weight is 416 g/mol. The van der Waals surface area contributed by atoms with Gasteiger partial charge in [0, 0.05) is 16.2 Å². The Bertz CT molecular complexity index is 1430. The molecule has 0 fully saturated rings. The number of rotatable bonds is 3. The Morgan fingerprint density at radius 2 is 1.50 bits per heavy atom. The van der Waals surface area contributed by atoms with Crippen LogP contribution < -0.4 is 9.26 Å². The fraction of sp³-hybridized carbons (Fsp3) is 0.120. The van der Waals surface area contributed by atoms with Crippen LogP contribution in [0.1, 0.15) is 11.1 Å². The third kappa shape index (κ3) is 3.30. The molecular weight excluding hydrogens is 395 g/mol. The van der Waals surface area contributed by atoms with Crippen LogP contribution in [0.25, 0.3) is 32.7 Å². The van der Waals surface area contributed by atoms with Crippen LogP contribution in [-0.2, 0) is 0 Å². The Morgan fingerprint density at radius 1 is 0.700 bits per heavy atom. The molecule has 0 aliphatic carbocycles. The third-order valence-corrected chi connectivity index (χ3v) is 6.13. The molecular formula is C25H21O4P. The maximum absolute atomic E-state index is 6.30. The number of ether oxygens (including phenoxy) is 1. The Labute approximate surface area is 175 Å². The molecule has 150 valence electrons. The standard InChI is InChI=1S/C25H21O4P/c1-16-11-12-23-20(13-16)21-14-17(2)15-24(26-3)25(21)29-30(28-23)27-22-10-6-8-18-7-4-5-9-19(18)22/h4-15H,1-3H3. The monoisotopic (exact) mass is 416 g/mol. The summed E-state index contributed by atoms with van der Waals surface area (Å²) in [6.45, 7) is 4.10. The van der Waals surface area contributed by atoms with Crippen LogP contribution in [0.3, 0.4) is 0 Å². The van der Waals surface area contributed by atoms with Gasteiger partial charge in [0.2, 0.25) is 0 Å². The van der Waals surface area contributed by atoms with Crippen molar-refractivity contribution >= 4 is 41.0 Å². The Morgan fingerprint density at radius 3 is 2.37 bits per heavy atom. The fourth-order valence-corrected chi connectivity index (χ4v) is 4.77. The smallest absolute Gasteiger partial charge is 0.453 e. The predicted molar refractivity (Wildman–Crippen MR) is 122 cm³/mol. The van der Waals surface area contributed by atoms with Crippen molar-refractivity contribution in [2.45, 2.75) is 13.8 Å². The van der Waals surface area contributed by atoms with E-state index in [-0.39, 0.29) is 0 Å². The van der Waals surface area contributed by atoms with Gasteiger partial charge in [0.05, 0.1) is 7.11 Å². The van der Waals surface area contributed by atoms with Crippen molar-refractivity contribution in [1.29, 1.82) is 0 Å². The van der Waals surface area contributed by atoms with Crippen LogP contribution in [-0.4, -0.2) is 7.11 Å². The summed E-state index contributed by atoms with van der Waals surface area (Å²) in [6.07, 6.45) is 0. The zero-order valence-corrected chi connectivity index (χ0v) is 17.9. The topological polar surface area (TPSA) is 44.7 Å². The third-order valence-electron chi connectivity index (χ3n) is 5.11. The van der Waals surface area contributed by atoms with Gasteiger partial charge in [-0.05, 0) is 55.1 Å². The maximum atomic E-state index is 6.30. The lowest BCUT2D eigenvalue weighted by atomic mass is 10.1. The average Bonchev–Trinajstić information content (AvgIpc) is 2.90. The molecule has 0 saturated carbocycles. The van der Waals surface area contributed by atoms with Crippen LogP contribution >= 0.6 is 8.24 Å². The van der Waals surface area contributed by atoms with Crippen molar-refractivity contribution in [2.75, 3.05) is 7.11 Å². The van der Waals surface area contributed by atoms with Gasteiger partial charge >= 0.3 is 8.24 Å². The van der Waals surface area contributed by atoms with Crippen molar-refractivity contribution in [2.24, 2.45) is 0 Å². The van der Waals surface area contributed by atoms with Gasteiger partial charge in [0.1, 0.15) is 11.3 Å². The summed E-state index contributed by atoms with van der Waals surface area (Å²) in [5, 5.41) is 4.03. The first kappa shape index (κ1) is 18.7. The highest BCUT2D eigenvalue weighted by Gasteiger charge is 2.14. The number of methoxy groups -OCH3 is 1. The van der Waals surface area contributed by atoms with E-state index in [4.69, 9.17) is 17.7 Å². The molecule has 5 aromatic rings. The highest BCUT2D eigenvalue weighted by atomic mass is 31.1. The number of benzene rings is 4. The van der Waals surface area contributed by atoms with Gasteiger partial charge in [0.25, 0.3) is 0 Å². The van der Waals surface area contributed by atoms with Crippen LogP contribution in [0.5, 0.6) is 11.5 Å². The van der Waals surface area contributed by atoms with Gasteiger partial charge in [-0.25, -0.2) is 0 Å². The molecule has 0 bridgehead atoms. The van der Waals surface area contributed by atoms with Crippen molar-refractivity contribution in [3.8, 4) is 11.5 Å². The molecule has 0 aliphatic rings. The lowest BCUT2D eigenvalue weighted by Crippen LogP contribution is -1.86. The molecule has 5 rings (SSSR count). The molecule has 0 amide bonds. The van der Waals surface area contributed by atoms with E-state index in [0.717, 1.165) is 44.0 Å². The highest BCUT2D eigenvalue weighted by molar-refractivity contribution is 7.32. The summed E-state index contributed by atoms with van der Waals surface area (Å²) in [6, 6.07) is 24.2. The lowest BCUT2D eigenvalue weighted by Gasteiger charge is -2.07. The fourth-order valence-electron chi connectivity index (χ4n) is 3.69. The molecule has 1 aromatic heterocycles. The van der Waals surface area contributed by atoms with E-state index < -0.39 is 8.24 Å². The largest absolute Gasteiger partial charge is 0.493 e. The van der Waals surface area contributed by atoms with E-state index in [2.05, 4.69) is 31.2 Å². The van der Waals surface area contributed by atoms with Gasteiger partial charge in [-0.1, -0.05) is 48.0 Å². The van der Waals surface area contributed by atoms with E-state index in [1.807, 2.05) is 55.5 Å². The minimum absolute atomic E-state index is 0.638. The zero-order valence-electron chi connectivity index (χ0n) is 17.0.